The van der Waals surface area contributed by atoms with Crippen molar-refractivity contribution < 1.29 is 4.79 Å². The van der Waals surface area contributed by atoms with Crippen molar-refractivity contribution in [3.8, 4) is 22.2 Å². The number of thiophene rings is 3. The van der Waals surface area contributed by atoms with Gasteiger partial charge in [-0.05, 0) is 54.8 Å². The second-order valence-electron chi connectivity index (χ2n) is 8.89. The van der Waals surface area contributed by atoms with Gasteiger partial charge in [0.15, 0.2) is 5.16 Å². The number of amides is 1. The number of aryl methyl sites for hydroxylation is 1. The molecule has 1 aromatic carbocycles. The molecule has 38 heavy (non-hydrogen) atoms. The first-order valence-electron chi connectivity index (χ1n) is 12.2. The summed E-state index contributed by atoms with van der Waals surface area (Å²) >= 11 is 5.78. The van der Waals surface area contributed by atoms with E-state index in [2.05, 4.69) is 11.4 Å². The Kier molecular flexibility index (Phi) is 7.17. The maximum Gasteiger partial charge on any atom is 0.268 e. The number of carbonyl (C=O) groups excluding carboxylic acids is 1. The first-order chi connectivity index (χ1) is 18.6. The number of anilines is 1. The van der Waals surface area contributed by atoms with Gasteiger partial charge in [-0.1, -0.05) is 42.4 Å². The quantitative estimate of drug-likeness (QED) is 0.133. The van der Waals surface area contributed by atoms with E-state index in [-0.39, 0.29) is 17.2 Å². The van der Waals surface area contributed by atoms with Gasteiger partial charge in [0.05, 0.1) is 22.4 Å². The molecule has 0 unspecified atom stereocenters. The van der Waals surface area contributed by atoms with Crippen LogP contribution in [0.15, 0.2) is 63.2 Å². The van der Waals surface area contributed by atoms with Gasteiger partial charge in [-0.2, -0.15) is 5.26 Å². The third-order valence-electron chi connectivity index (χ3n) is 6.50. The van der Waals surface area contributed by atoms with Gasteiger partial charge in [-0.15, -0.1) is 34.0 Å². The van der Waals surface area contributed by atoms with E-state index < -0.39 is 0 Å². The third-order valence-corrected chi connectivity index (χ3v) is 10.4. The van der Waals surface area contributed by atoms with Crippen molar-refractivity contribution >= 4 is 66.9 Å². The minimum absolute atomic E-state index is 0.0708. The minimum atomic E-state index is -0.220. The second-order valence-corrected chi connectivity index (χ2v) is 12.7. The SMILES string of the molecule is N#Cc1c(NC(=O)CSc2nc3scc(-c4cccs4)c3c(=O)n2-c2ccccc2)sc2c1CCCCC2. The van der Waals surface area contributed by atoms with Crippen molar-refractivity contribution in [3.05, 3.63) is 79.6 Å². The summed E-state index contributed by atoms with van der Waals surface area (Å²) in [5.41, 5.74) is 3.14. The summed E-state index contributed by atoms with van der Waals surface area (Å²) in [6, 6.07) is 15.7. The smallest absolute Gasteiger partial charge is 0.268 e. The summed E-state index contributed by atoms with van der Waals surface area (Å²) in [4.78, 5) is 34.6. The molecule has 10 heteroatoms. The standard InChI is InChI=1S/C28H22N4O2S4/c29-14-19-18-10-5-2-6-11-22(18)38-25(19)30-23(33)16-37-28-31-26-24(20(15-36-26)21-12-7-13-35-21)27(34)32(28)17-8-3-1-4-9-17/h1,3-4,7-9,12-13,15H,2,5-6,10-11,16H2,(H,30,33). The summed E-state index contributed by atoms with van der Waals surface area (Å²) in [5, 5.41) is 18.4. The summed E-state index contributed by atoms with van der Waals surface area (Å²) in [6.07, 6.45) is 5.21. The van der Waals surface area contributed by atoms with Crippen LogP contribution in [0.1, 0.15) is 35.3 Å². The molecule has 0 radical (unpaired) electrons. The van der Waals surface area contributed by atoms with Crippen LogP contribution < -0.4 is 10.9 Å². The molecule has 6 nitrogen and oxygen atoms in total. The van der Waals surface area contributed by atoms with Crippen LogP contribution in [0.3, 0.4) is 0 Å². The third kappa shape index (κ3) is 4.71. The second kappa shape index (κ2) is 10.9. The van der Waals surface area contributed by atoms with Crippen molar-refractivity contribution in [3.63, 3.8) is 0 Å². The number of nitrogens with one attached hydrogen (secondary N) is 1. The first kappa shape index (κ1) is 25.1. The molecule has 1 aliphatic carbocycles. The van der Waals surface area contributed by atoms with E-state index in [1.165, 1.54) is 45.7 Å². The van der Waals surface area contributed by atoms with Crippen molar-refractivity contribution in [2.24, 2.45) is 0 Å². The van der Waals surface area contributed by atoms with Gasteiger partial charge in [-0.25, -0.2) is 4.98 Å². The Morgan fingerprint density at radius 2 is 1.95 bits per heavy atom. The van der Waals surface area contributed by atoms with E-state index in [1.54, 1.807) is 15.9 Å². The molecular weight excluding hydrogens is 553 g/mol. The number of para-hydroxylation sites is 1. The van der Waals surface area contributed by atoms with Crippen molar-refractivity contribution in [2.75, 3.05) is 11.1 Å². The average molecular weight is 575 g/mol. The van der Waals surface area contributed by atoms with Crippen LogP contribution in [0.4, 0.5) is 5.00 Å². The van der Waals surface area contributed by atoms with Gasteiger partial charge >= 0.3 is 0 Å². The molecule has 0 spiro atoms. The topological polar surface area (TPSA) is 87.8 Å². The van der Waals surface area contributed by atoms with Crippen LogP contribution in [0, 0.1) is 11.3 Å². The summed E-state index contributed by atoms with van der Waals surface area (Å²) in [6.45, 7) is 0. The largest absolute Gasteiger partial charge is 0.316 e. The van der Waals surface area contributed by atoms with E-state index in [9.17, 15) is 14.9 Å². The number of fused-ring (bicyclic) bond motifs is 2. The Hall–Kier alpha value is -3.23. The molecule has 5 aromatic rings. The molecule has 190 valence electrons. The van der Waals surface area contributed by atoms with Crippen LogP contribution >= 0.6 is 45.8 Å². The summed E-state index contributed by atoms with van der Waals surface area (Å²) < 4.78 is 1.60. The lowest BCUT2D eigenvalue weighted by atomic mass is 10.1. The Bertz CT molecular complexity index is 1730. The maximum atomic E-state index is 13.9. The number of carbonyl (C=O) groups is 1. The highest BCUT2D eigenvalue weighted by molar-refractivity contribution is 7.99. The molecule has 1 aliphatic rings. The normalized spacial score (nSPS) is 13.1. The highest BCUT2D eigenvalue weighted by atomic mass is 32.2. The number of aromatic nitrogens is 2. The van der Waals surface area contributed by atoms with Gasteiger partial charge < -0.3 is 5.32 Å². The van der Waals surface area contributed by atoms with Crippen LogP contribution in [-0.2, 0) is 17.6 Å². The van der Waals surface area contributed by atoms with Crippen LogP contribution in [0.2, 0.25) is 0 Å². The zero-order valence-electron chi connectivity index (χ0n) is 20.2. The number of benzene rings is 1. The number of nitriles is 1. The molecule has 6 rings (SSSR count). The fourth-order valence-corrected chi connectivity index (χ4v) is 8.60. The zero-order chi connectivity index (χ0) is 26.1. The fourth-order valence-electron chi connectivity index (χ4n) is 4.73. The fraction of sp³-hybridized carbons (Fsp3) is 0.214. The number of thioether (sulfide) groups is 1. The molecular formula is C28H22N4O2S4. The molecule has 1 amide bonds. The van der Waals surface area contributed by atoms with E-state index in [1.807, 2.05) is 53.2 Å². The van der Waals surface area contributed by atoms with Gasteiger partial charge in [0.2, 0.25) is 5.91 Å². The molecule has 0 saturated heterocycles. The van der Waals surface area contributed by atoms with Gasteiger partial charge in [0.1, 0.15) is 15.9 Å². The Labute approximate surface area is 235 Å². The molecule has 4 aromatic heterocycles. The average Bonchev–Trinajstić information content (AvgIpc) is 3.64. The Balaban J connectivity index is 1.32. The Morgan fingerprint density at radius 3 is 2.74 bits per heavy atom. The number of hydrogen-bond donors (Lipinski definition) is 1. The van der Waals surface area contributed by atoms with Crippen molar-refractivity contribution in [1.82, 2.24) is 9.55 Å². The highest BCUT2D eigenvalue weighted by Crippen LogP contribution is 2.38. The van der Waals surface area contributed by atoms with Gasteiger partial charge in [-0.3, -0.25) is 14.2 Å². The van der Waals surface area contributed by atoms with Crippen molar-refractivity contribution in [2.45, 2.75) is 37.3 Å². The molecule has 0 atom stereocenters. The van der Waals surface area contributed by atoms with Crippen LogP contribution in [-0.4, -0.2) is 21.2 Å². The molecule has 0 fully saturated rings. The van der Waals surface area contributed by atoms with Gasteiger partial charge in [0, 0.05) is 20.7 Å². The minimum Gasteiger partial charge on any atom is -0.316 e. The molecule has 0 bridgehead atoms. The molecule has 1 N–H and O–H groups in total. The lowest BCUT2D eigenvalue weighted by Crippen LogP contribution is -2.22. The maximum absolute atomic E-state index is 13.9. The summed E-state index contributed by atoms with van der Waals surface area (Å²) in [7, 11) is 0. The predicted molar refractivity (Wildman–Crippen MR) is 158 cm³/mol. The van der Waals surface area contributed by atoms with Crippen molar-refractivity contribution in [1.29, 1.82) is 5.26 Å². The zero-order valence-corrected chi connectivity index (χ0v) is 23.5. The first-order valence-corrected chi connectivity index (χ1v) is 15.8. The lowest BCUT2D eigenvalue weighted by Gasteiger charge is -2.12. The lowest BCUT2D eigenvalue weighted by molar-refractivity contribution is -0.113. The highest BCUT2D eigenvalue weighted by Gasteiger charge is 2.23. The monoisotopic (exact) mass is 574 g/mol. The molecule has 0 saturated carbocycles. The van der Waals surface area contributed by atoms with E-state index in [4.69, 9.17) is 4.98 Å². The van der Waals surface area contributed by atoms with Crippen LogP contribution in [0.5, 0.6) is 0 Å². The molecule has 0 aliphatic heterocycles. The predicted octanol–water partition coefficient (Wildman–Crippen LogP) is 7.11. The number of rotatable bonds is 6. The number of hydrogen-bond acceptors (Lipinski definition) is 8. The molecule has 4 heterocycles. The van der Waals surface area contributed by atoms with E-state index in [0.717, 1.165) is 41.7 Å². The summed E-state index contributed by atoms with van der Waals surface area (Å²) in [5.74, 6) is -0.149. The van der Waals surface area contributed by atoms with E-state index >= 15 is 0 Å². The van der Waals surface area contributed by atoms with Crippen LogP contribution in [0.25, 0.3) is 26.3 Å². The van der Waals surface area contributed by atoms with Gasteiger partial charge in [0.25, 0.3) is 5.56 Å². The van der Waals surface area contributed by atoms with E-state index in [0.29, 0.717) is 31.6 Å². The number of nitrogens with zero attached hydrogens (tertiary/aromatic N) is 3. The Morgan fingerprint density at radius 1 is 1.11 bits per heavy atom.